The quantitative estimate of drug-likeness (QED) is 0.392. The summed E-state index contributed by atoms with van der Waals surface area (Å²) in [6, 6.07) is 20.0. The number of carbonyl (C=O) groups excluding carboxylic acids is 2. The molecule has 3 N–H and O–H groups in total. The molecule has 0 bridgehead atoms. The molecule has 1 fully saturated rings. The molecule has 1 amide bonds. The zero-order valence-electron chi connectivity index (χ0n) is 19.1. The Morgan fingerprint density at radius 3 is 2.24 bits per heavy atom. The summed E-state index contributed by atoms with van der Waals surface area (Å²) in [7, 11) is 1.93. The van der Waals surface area contributed by atoms with E-state index in [0.29, 0.717) is 23.4 Å². The third-order valence-corrected chi connectivity index (χ3v) is 6.83. The Kier molecular flexibility index (Phi) is 6.72. The maximum Gasteiger partial charge on any atom is 0.347 e. The second-order valence-corrected chi connectivity index (χ2v) is 8.86. The van der Waals surface area contributed by atoms with Crippen molar-refractivity contribution in [1.82, 2.24) is 10.2 Å². The molecule has 3 atom stereocenters. The van der Waals surface area contributed by atoms with Gasteiger partial charge in [-0.1, -0.05) is 60.7 Å². The van der Waals surface area contributed by atoms with E-state index in [2.05, 4.69) is 10.2 Å². The number of ether oxygens (including phenoxy) is 1. The number of esters is 1. The monoisotopic (exact) mass is 461 g/mol. The van der Waals surface area contributed by atoms with Crippen LogP contribution in [0.2, 0.25) is 0 Å². The summed E-state index contributed by atoms with van der Waals surface area (Å²) in [5, 5.41) is 19.7. The number of aromatic nitrogens is 2. The molecule has 2 heterocycles. The summed E-state index contributed by atoms with van der Waals surface area (Å²) in [5.74, 6) is -1.27. The largest absolute Gasteiger partial charge is 0.457 e. The third kappa shape index (κ3) is 4.30. The number of rotatable bonds is 8. The highest BCUT2D eigenvalue weighted by molar-refractivity contribution is 5.85. The third-order valence-electron chi connectivity index (χ3n) is 6.83. The van der Waals surface area contributed by atoms with E-state index in [1.165, 1.54) is 0 Å². The smallest absolute Gasteiger partial charge is 0.347 e. The first-order valence-corrected chi connectivity index (χ1v) is 11.3. The number of hydrogen-bond acceptors (Lipinski definition) is 6. The molecule has 8 nitrogen and oxygen atoms in total. The lowest BCUT2D eigenvalue weighted by Gasteiger charge is -2.40. The molecule has 8 heteroatoms. The van der Waals surface area contributed by atoms with Crippen molar-refractivity contribution >= 4 is 11.9 Å². The number of nitrogens with zero attached hydrogens (tertiary/aromatic N) is 3. The van der Waals surface area contributed by atoms with Gasteiger partial charge in [-0.05, 0) is 23.3 Å². The van der Waals surface area contributed by atoms with Crippen LogP contribution in [0.3, 0.4) is 0 Å². The molecule has 176 valence electrons. The first-order valence-electron chi connectivity index (χ1n) is 11.3. The van der Waals surface area contributed by atoms with E-state index >= 15 is 0 Å². The lowest BCUT2D eigenvalue weighted by molar-refractivity contribution is -0.941. The molecule has 3 aromatic rings. The Morgan fingerprint density at radius 2 is 1.71 bits per heavy atom. The van der Waals surface area contributed by atoms with Crippen LogP contribution in [0.4, 0.5) is 0 Å². The molecule has 1 aromatic heterocycles. The van der Waals surface area contributed by atoms with Crippen LogP contribution in [-0.4, -0.2) is 57.9 Å². The SMILES string of the molecule is C[N+]1(C(C(N)=O)c2cccnn2)CCCC1COC(=O)C(O)(c1ccccc1)c1ccccc1. The van der Waals surface area contributed by atoms with Gasteiger partial charge in [0.15, 0.2) is 0 Å². The van der Waals surface area contributed by atoms with Crippen LogP contribution in [0, 0.1) is 0 Å². The van der Waals surface area contributed by atoms with Crippen LogP contribution in [0.5, 0.6) is 0 Å². The zero-order valence-corrected chi connectivity index (χ0v) is 19.1. The molecule has 0 saturated carbocycles. The minimum absolute atomic E-state index is 0.0291. The molecule has 1 aliphatic heterocycles. The van der Waals surface area contributed by atoms with Gasteiger partial charge in [-0.15, -0.1) is 5.10 Å². The highest BCUT2D eigenvalue weighted by atomic mass is 16.6. The Bertz CT molecular complexity index is 1090. The summed E-state index contributed by atoms with van der Waals surface area (Å²) in [6.07, 6.45) is 3.12. The molecule has 4 rings (SSSR count). The van der Waals surface area contributed by atoms with Crippen molar-refractivity contribution in [3.8, 4) is 0 Å². The van der Waals surface area contributed by atoms with Gasteiger partial charge in [0.1, 0.15) is 18.3 Å². The molecule has 1 aliphatic rings. The van der Waals surface area contributed by atoms with Gasteiger partial charge in [-0.3, -0.25) is 4.79 Å². The minimum Gasteiger partial charge on any atom is -0.457 e. The predicted octanol–water partition coefficient (Wildman–Crippen LogP) is 2.09. The Hall–Kier alpha value is -3.62. The first kappa shape index (κ1) is 23.5. The van der Waals surface area contributed by atoms with Crippen molar-refractivity contribution in [1.29, 1.82) is 0 Å². The minimum atomic E-state index is -1.96. The normalized spacial score (nSPS) is 21.1. The number of hydrogen-bond donors (Lipinski definition) is 2. The number of amides is 1. The zero-order chi connectivity index (χ0) is 24.2. The van der Waals surface area contributed by atoms with E-state index in [0.717, 1.165) is 12.8 Å². The van der Waals surface area contributed by atoms with Crippen molar-refractivity contribution in [2.75, 3.05) is 20.2 Å². The number of benzene rings is 2. The topological polar surface area (TPSA) is 115 Å². The van der Waals surface area contributed by atoms with Crippen LogP contribution >= 0.6 is 0 Å². The molecule has 1 saturated heterocycles. The van der Waals surface area contributed by atoms with Crippen LogP contribution in [-0.2, 0) is 19.9 Å². The van der Waals surface area contributed by atoms with Gasteiger partial charge < -0.3 is 20.1 Å². The van der Waals surface area contributed by atoms with E-state index in [4.69, 9.17) is 10.5 Å². The summed E-state index contributed by atoms with van der Waals surface area (Å²) in [6.45, 7) is 0.704. The Labute approximate surface area is 198 Å². The highest BCUT2D eigenvalue weighted by Gasteiger charge is 2.50. The van der Waals surface area contributed by atoms with Crippen LogP contribution < -0.4 is 5.73 Å². The molecule has 3 unspecified atom stereocenters. The lowest BCUT2D eigenvalue weighted by atomic mass is 9.86. The van der Waals surface area contributed by atoms with Crippen LogP contribution in [0.25, 0.3) is 0 Å². The van der Waals surface area contributed by atoms with Gasteiger partial charge in [0.25, 0.3) is 5.91 Å². The van der Waals surface area contributed by atoms with E-state index in [1.54, 1.807) is 66.9 Å². The van der Waals surface area contributed by atoms with Gasteiger partial charge in [-0.25, -0.2) is 4.79 Å². The summed E-state index contributed by atoms with van der Waals surface area (Å²) >= 11 is 0. The average molecular weight is 462 g/mol. The number of likely N-dealkylation sites (tertiary alicyclic amines) is 1. The second-order valence-electron chi connectivity index (χ2n) is 8.86. The van der Waals surface area contributed by atoms with Gasteiger partial charge >= 0.3 is 5.97 Å². The van der Waals surface area contributed by atoms with Gasteiger partial charge in [0, 0.05) is 19.0 Å². The summed E-state index contributed by atoms with van der Waals surface area (Å²) in [5.41, 5.74) is 5.17. The van der Waals surface area contributed by atoms with Gasteiger partial charge in [0.2, 0.25) is 11.6 Å². The number of primary amides is 1. The van der Waals surface area contributed by atoms with E-state index in [1.807, 2.05) is 19.2 Å². The fourth-order valence-electron chi connectivity index (χ4n) is 4.97. The highest BCUT2D eigenvalue weighted by Crippen LogP contribution is 2.37. The van der Waals surface area contributed by atoms with E-state index in [9.17, 15) is 14.7 Å². The summed E-state index contributed by atoms with van der Waals surface area (Å²) < 4.78 is 6.03. The number of likely N-dealkylation sites (N-methyl/N-ethyl adjacent to an activating group) is 1. The van der Waals surface area contributed by atoms with Crippen LogP contribution in [0.15, 0.2) is 79.0 Å². The van der Waals surface area contributed by atoms with Crippen LogP contribution in [0.1, 0.15) is 35.7 Å². The van der Waals surface area contributed by atoms with Crippen molar-refractivity contribution in [3.63, 3.8) is 0 Å². The van der Waals surface area contributed by atoms with Gasteiger partial charge in [-0.2, -0.15) is 5.10 Å². The molecule has 34 heavy (non-hydrogen) atoms. The van der Waals surface area contributed by atoms with Crippen molar-refractivity contribution in [3.05, 3.63) is 95.8 Å². The Morgan fingerprint density at radius 1 is 1.09 bits per heavy atom. The first-order chi connectivity index (χ1) is 16.4. The number of quaternary nitrogens is 1. The molecule has 2 aromatic carbocycles. The number of carbonyl (C=O) groups is 2. The molecule has 0 spiro atoms. The Balaban J connectivity index is 1.60. The maximum atomic E-state index is 13.4. The van der Waals surface area contributed by atoms with Gasteiger partial charge in [0.05, 0.1) is 13.6 Å². The second kappa shape index (κ2) is 9.70. The van der Waals surface area contributed by atoms with Crippen molar-refractivity contribution in [2.24, 2.45) is 5.73 Å². The number of aliphatic hydroxyl groups is 1. The van der Waals surface area contributed by atoms with E-state index < -0.39 is 23.5 Å². The van der Waals surface area contributed by atoms with E-state index in [-0.39, 0.29) is 17.1 Å². The van der Waals surface area contributed by atoms with Crippen molar-refractivity contribution in [2.45, 2.75) is 30.5 Å². The molecule has 0 aliphatic carbocycles. The molecular weight excluding hydrogens is 432 g/mol. The predicted molar refractivity (Wildman–Crippen MR) is 125 cm³/mol. The maximum absolute atomic E-state index is 13.4. The average Bonchev–Trinajstić information content (AvgIpc) is 3.24. The standard InChI is InChI=1S/C26H28N4O4/c1-30(23(24(27)31)22-15-8-16-28-29-22)17-9-14-21(30)18-34-25(32)26(33,19-10-4-2-5-11-19)20-12-6-3-7-13-20/h2-8,10-13,15-16,21,23,33H,9,14,17-18H2,1H3,(H-,27,31)/p+1. The molecule has 0 radical (unpaired) electrons. The van der Waals surface area contributed by atoms with Crippen molar-refractivity contribution < 1.29 is 23.9 Å². The summed E-state index contributed by atoms with van der Waals surface area (Å²) in [4.78, 5) is 25.9. The fraction of sp³-hybridized carbons (Fsp3) is 0.308. The lowest BCUT2D eigenvalue weighted by Crippen LogP contribution is -2.57. The number of nitrogens with two attached hydrogens (primary N) is 1. The fourth-order valence-corrected chi connectivity index (χ4v) is 4.97. The molecular formula is C26H29N4O4+.